The molecule has 0 aromatic heterocycles. The standard InChI is InChI=1S/C10H20O5S2/c1-2-3-4-5-7-15-17(13,14)10-6-8-16(11,12)9-10/h10H,2-9H2,1H3/t10-/m1/s1. The molecule has 0 saturated carbocycles. The van der Waals surface area contributed by atoms with Crippen molar-refractivity contribution in [1.82, 2.24) is 0 Å². The molecule has 17 heavy (non-hydrogen) atoms. The summed E-state index contributed by atoms with van der Waals surface area (Å²) in [4.78, 5) is 0. The summed E-state index contributed by atoms with van der Waals surface area (Å²) in [5.74, 6) is -0.333. The van der Waals surface area contributed by atoms with Crippen molar-refractivity contribution in [3.63, 3.8) is 0 Å². The van der Waals surface area contributed by atoms with Gasteiger partial charge in [0.1, 0.15) is 5.25 Å². The van der Waals surface area contributed by atoms with Crippen LogP contribution >= 0.6 is 0 Å². The third-order valence-electron chi connectivity index (χ3n) is 2.84. The maximum atomic E-state index is 11.7. The smallest absolute Gasteiger partial charge is 0.270 e. The highest BCUT2D eigenvalue weighted by molar-refractivity contribution is 7.94. The molecule has 1 rings (SSSR count). The average Bonchev–Trinajstić information content (AvgIpc) is 2.59. The molecule has 5 nitrogen and oxygen atoms in total. The Morgan fingerprint density at radius 1 is 1.24 bits per heavy atom. The molecule has 0 aliphatic carbocycles. The van der Waals surface area contributed by atoms with Crippen molar-refractivity contribution in [3.8, 4) is 0 Å². The van der Waals surface area contributed by atoms with Gasteiger partial charge in [-0.3, -0.25) is 4.18 Å². The lowest BCUT2D eigenvalue weighted by Crippen LogP contribution is -2.25. The van der Waals surface area contributed by atoms with Gasteiger partial charge in [0.2, 0.25) is 0 Å². The third-order valence-corrected chi connectivity index (χ3v) is 6.54. The SMILES string of the molecule is CCCCCCOS(=O)(=O)[C@@H]1CCS(=O)(=O)C1. The first kappa shape index (κ1) is 14.9. The zero-order chi connectivity index (χ0) is 12.9. The van der Waals surface area contributed by atoms with Crippen molar-refractivity contribution in [2.24, 2.45) is 0 Å². The molecule has 102 valence electrons. The number of rotatable bonds is 7. The van der Waals surface area contributed by atoms with E-state index < -0.39 is 25.2 Å². The van der Waals surface area contributed by atoms with E-state index in [9.17, 15) is 16.8 Å². The molecule has 0 bridgehead atoms. The predicted molar refractivity (Wildman–Crippen MR) is 66.1 cm³/mol. The molecule has 0 N–H and O–H groups in total. The van der Waals surface area contributed by atoms with E-state index in [-0.39, 0.29) is 24.5 Å². The lowest BCUT2D eigenvalue weighted by Gasteiger charge is -2.09. The van der Waals surface area contributed by atoms with Gasteiger partial charge in [0, 0.05) is 0 Å². The highest BCUT2D eigenvalue weighted by atomic mass is 32.2. The van der Waals surface area contributed by atoms with Gasteiger partial charge in [0.25, 0.3) is 10.1 Å². The third kappa shape index (κ3) is 4.93. The monoisotopic (exact) mass is 284 g/mol. The molecule has 1 atom stereocenters. The van der Waals surface area contributed by atoms with Gasteiger partial charge in [0.05, 0.1) is 18.1 Å². The molecular weight excluding hydrogens is 264 g/mol. The second-order valence-electron chi connectivity index (χ2n) is 4.40. The second kappa shape index (κ2) is 6.15. The first-order chi connectivity index (χ1) is 7.87. The number of sulfone groups is 1. The van der Waals surface area contributed by atoms with E-state index in [1.165, 1.54) is 0 Å². The van der Waals surface area contributed by atoms with Crippen LogP contribution in [0, 0.1) is 0 Å². The lowest BCUT2D eigenvalue weighted by atomic mass is 10.2. The Balaban J connectivity index is 2.37. The van der Waals surface area contributed by atoms with E-state index in [0.717, 1.165) is 19.3 Å². The van der Waals surface area contributed by atoms with E-state index in [1.54, 1.807) is 0 Å². The van der Waals surface area contributed by atoms with Gasteiger partial charge in [-0.1, -0.05) is 26.2 Å². The van der Waals surface area contributed by atoms with Crippen LogP contribution in [0.4, 0.5) is 0 Å². The van der Waals surface area contributed by atoms with Crippen LogP contribution in [0.5, 0.6) is 0 Å². The normalized spacial score (nSPS) is 23.9. The summed E-state index contributed by atoms with van der Waals surface area (Å²) in [6.07, 6.45) is 3.94. The Labute approximate surface area is 104 Å². The van der Waals surface area contributed by atoms with Crippen LogP contribution in [0.1, 0.15) is 39.0 Å². The van der Waals surface area contributed by atoms with Gasteiger partial charge in [-0.25, -0.2) is 8.42 Å². The summed E-state index contributed by atoms with van der Waals surface area (Å²) in [6.45, 7) is 2.24. The minimum absolute atomic E-state index is 0.0455. The van der Waals surface area contributed by atoms with Crippen LogP contribution in [0.3, 0.4) is 0 Å². The maximum Gasteiger partial charge on any atom is 0.271 e. The minimum Gasteiger partial charge on any atom is -0.270 e. The Morgan fingerprint density at radius 2 is 1.94 bits per heavy atom. The Hall–Kier alpha value is -0.140. The predicted octanol–water partition coefficient (Wildman–Crippen LogP) is 1.10. The van der Waals surface area contributed by atoms with Gasteiger partial charge in [0.15, 0.2) is 9.84 Å². The number of unbranched alkanes of at least 4 members (excludes halogenated alkanes) is 3. The van der Waals surface area contributed by atoms with Gasteiger partial charge >= 0.3 is 0 Å². The Morgan fingerprint density at radius 3 is 2.47 bits per heavy atom. The summed E-state index contributed by atoms with van der Waals surface area (Å²) < 4.78 is 50.6. The van der Waals surface area contributed by atoms with Gasteiger partial charge in [-0.2, -0.15) is 8.42 Å². The highest BCUT2D eigenvalue weighted by Gasteiger charge is 2.37. The van der Waals surface area contributed by atoms with E-state index in [1.807, 2.05) is 0 Å². The molecule has 0 unspecified atom stereocenters. The van der Waals surface area contributed by atoms with Crippen LogP contribution in [0.2, 0.25) is 0 Å². The average molecular weight is 284 g/mol. The fourth-order valence-corrected chi connectivity index (χ4v) is 5.72. The molecule has 7 heteroatoms. The highest BCUT2D eigenvalue weighted by Crippen LogP contribution is 2.20. The van der Waals surface area contributed by atoms with Gasteiger partial charge < -0.3 is 0 Å². The van der Waals surface area contributed by atoms with E-state index in [2.05, 4.69) is 6.92 Å². The summed E-state index contributed by atoms with van der Waals surface area (Å²) in [6, 6.07) is 0. The topological polar surface area (TPSA) is 77.5 Å². The fraction of sp³-hybridized carbons (Fsp3) is 1.00. The van der Waals surface area contributed by atoms with E-state index in [4.69, 9.17) is 4.18 Å². The van der Waals surface area contributed by atoms with Crippen LogP contribution < -0.4 is 0 Å². The first-order valence-electron chi connectivity index (χ1n) is 5.96. The number of hydrogen-bond donors (Lipinski definition) is 0. The molecule has 1 saturated heterocycles. The number of hydrogen-bond acceptors (Lipinski definition) is 5. The molecule has 0 aromatic rings. The molecular formula is C10H20O5S2. The van der Waals surface area contributed by atoms with Gasteiger partial charge in [-0.05, 0) is 12.8 Å². The van der Waals surface area contributed by atoms with Gasteiger partial charge in [-0.15, -0.1) is 0 Å². The summed E-state index contributed by atoms with van der Waals surface area (Å²) >= 11 is 0. The molecule has 1 fully saturated rings. The quantitative estimate of drug-likeness (QED) is 0.517. The van der Waals surface area contributed by atoms with Crippen molar-refractivity contribution in [3.05, 3.63) is 0 Å². The summed E-state index contributed by atoms with van der Waals surface area (Å²) in [5.41, 5.74) is 0. The molecule has 0 aromatic carbocycles. The molecule has 1 aliphatic heterocycles. The zero-order valence-electron chi connectivity index (χ0n) is 10.1. The van der Waals surface area contributed by atoms with Crippen molar-refractivity contribution in [2.75, 3.05) is 18.1 Å². The molecule has 1 heterocycles. The summed E-state index contributed by atoms with van der Waals surface area (Å²) in [7, 11) is -6.87. The summed E-state index contributed by atoms with van der Waals surface area (Å²) in [5, 5.41) is -0.862. The van der Waals surface area contributed by atoms with Crippen molar-refractivity contribution >= 4 is 20.0 Å². The van der Waals surface area contributed by atoms with E-state index in [0.29, 0.717) is 6.42 Å². The second-order valence-corrected chi connectivity index (χ2v) is 8.52. The molecule has 0 spiro atoms. The molecule has 1 aliphatic rings. The van der Waals surface area contributed by atoms with E-state index >= 15 is 0 Å². The van der Waals surface area contributed by atoms with Crippen LogP contribution in [0.25, 0.3) is 0 Å². The van der Waals surface area contributed by atoms with Crippen molar-refractivity contribution < 1.29 is 21.0 Å². The molecule has 0 amide bonds. The maximum absolute atomic E-state index is 11.7. The molecule has 0 radical (unpaired) electrons. The van der Waals surface area contributed by atoms with Crippen LogP contribution in [-0.4, -0.2) is 40.2 Å². The van der Waals surface area contributed by atoms with Crippen molar-refractivity contribution in [2.45, 2.75) is 44.3 Å². The largest absolute Gasteiger partial charge is 0.271 e. The van der Waals surface area contributed by atoms with Crippen LogP contribution in [-0.2, 0) is 24.1 Å². The minimum atomic E-state index is -3.70. The zero-order valence-corrected chi connectivity index (χ0v) is 11.7. The Kier molecular flexibility index (Phi) is 5.40. The lowest BCUT2D eigenvalue weighted by molar-refractivity contribution is 0.302. The van der Waals surface area contributed by atoms with Crippen LogP contribution in [0.15, 0.2) is 0 Å². The fourth-order valence-electron chi connectivity index (χ4n) is 1.79. The first-order valence-corrected chi connectivity index (χ1v) is 9.25. The van der Waals surface area contributed by atoms with Crippen molar-refractivity contribution in [1.29, 1.82) is 0 Å². The Bertz CT molecular complexity index is 424.